The highest BCUT2D eigenvalue weighted by Crippen LogP contribution is 2.28. The molecule has 1 aliphatic rings. The molecular weight excluding hydrogens is 236 g/mol. The minimum atomic E-state index is -0.320. The Morgan fingerprint density at radius 1 is 1.61 bits per heavy atom. The Hall–Kier alpha value is -2.08. The fourth-order valence-electron chi connectivity index (χ4n) is 1.58. The zero-order valence-electron chi connectivity index (χ0n) is 9.90. The van der Waals surface area contributed by atoms with Crippen LogP contribution < -0.4 is 15.4 Å². The zero-order valence-corrected chi connectivity index (χ0v) is 9.90. The van der Waals surface area contributed by atoms with Crippen molar-refractivity contribution >= 4 is 17.5 Å². The molecule has 3 N–H and O–H groups in total. The molecule has 0 saturated heterocycles. The molecule has 1 aromatic carbocycles. The summed E-state index contributed by atoms with van der Waals surface area (Å²) >= 11 is 0. The Bertz CT molecular complexity index is 487. The molecule has 0 fully saturated rings. The van der Waals surface area contributed by atoms with Crippen LogP contribution in [0.1, 0.15) is 17.3 Å². The normalized spacial score (nSPS) is 15.1. The number of aliphatic hydroxyl groups excluding tert-OH is 1. The van der Waals surface area contributed by atoms with Gasteiger partial charge in [0, 0.05) is 11.6 Å². The van der Waals surface area contributed by atoms with Gasteiger partial charge in [0.15, 0.2) is 6.61 Å². The molecular formula is C12H14N2O4. The average Bonchev–Trinajstić information content (AvgIpc) is 2.37. The van der Waals surface area contributed by atoms with Gasteiger partial charge in [0.05, 0.1) is 12.3 Å². The number of rotatable bonds is 3. The molecule has 0 aliphatic carbocycles. The number of amides is 2. The summed E-state index contributed by atoms with van der Waals surface area (Å²) in [7, 11) is 0. The standard InChI is InChI=1S/C12H14N2O4/c1-7(5-15)13-12(17)8-2-3-10-9(4-8)14-11(16)6-18-10/h2-4,7,15H,5-6H2,1H3,(H,13,17)(H,14,16)/t7-/m1/s1. The maximum Gasteiger partial charge on any atom is 0.262 e. The second-order valence-corrected chi connectivity index (χ2v) is 4.10. The van der Waals surface area contributed by atoms with Crippen molar-refractivity contribution in [2.75, 3.05) is 18.5 Å². The van der Waals surface area contributed by atoms with E-state index in [1.165, 1.54) is 0 Å². The quantitative estimate of drug-likeness (QED) is 0.711. The number of nitrogens with one attached hydrogen (secondary N) is 2. The van der Waals surface area contributed by atoms with Gasteiger partial charge in [-0.05, 0) is 25.1 Å². The van der Waals surface area contributed by atoms with Crippen molar-refractivity contribution in [3.05, 3.63) is 23.8 Å². The first kappa shape index (κ1) is 12.4. The van der Waals surface area contributed by atoms with E-state index in [1.54, 1.807) is 25.1 Å². The zero-order chi connectivity index (χ0) is 13.1. The summed E-state index contributed by atoms with van der Waals surface area (Å²) in [6, 6.07) is 4.47. The molecule has 1 aliphatic heterocycles. The Morgan fingerprint density at radius 3 is 3.11 bits per heavy atom. The highest BCUT2D eigenvalue weighted by molar-refractivity contribution is 5.99. The third kappa shape index (κ3) is 2.60. The minimum Gasteiger partial charge on any atom is -0.482 e. The second kappa shape index (κ2) is 5.05. The molecule has 6 heteroatoms. The van der Waals surface area contributed by atoms with E-state index < -0.39 is 0 Å². The summed E-state index contributed by atoms with van der Waals surface area (Å²) in [5.74, 6) is -0.00989. The van der Waals surface area contributed by atoms with Crippen molar-refractivity contribution in [1.82, 2.24) is 5.32 Å². The lowest BCUT2D eigenvalue weighted by molar-refractivity contribution is -0.118. The third-order valence-electron chi connectivity index (χ3n) is 2.53. The van der Waals surface area contributed by atoms with E-state index in [4.69, 9.17) is 9.84 Å². The van der Waals surface area contributed by atoms with Crippen LogP contribution in [0.2, 0.25) is 0 Å². The lowest BCUT2D eigenvalue weighted by atomic mass is 10.1. The van der Waals surface area contributed by atoms with Crippen LogP contribution in [-0.4, -0.2) is 36.2 Å². The molecule has 2 amide bonds. The predicted molar refractivity (Wildman–Crippen MR) is 64.6 cm³/mol. The minimum absolute atomic E-state index is 0.0138. The highest BCUT2D eigenvalue weighted by Gasteiger charge is 2.18. The van der Waals surface area contributed by atoms with Crippen LogP contribution in [0.5, 0.6) is 5.75 Å². The Kier molecular flexibility index (Phi) is 3.47. The van der Waals surface area contributed by atoms with E-state index in [1.807, 2.05) is 0 Å². The van der Waals surface area contributed by atoms with Gasteiger partial charge in [-0.25, -0.2) is 0 Å². The van der Waals surface area contributed by atoms with Crippen molar-refractivity contribution in [3.8, 4) is 5.75 Å². The van der Waals surface area contributed by atoms with Crippen molar-refractivity contribution in [3.63, 3.8) is 0 Å². The number of benzene rings is 1. The lowest BCUT2D eigenvalue weighted by Gasteiger charge is -2.18. The predicted octanol–water partition coefficient (Wildman–Crippen LogP) is 0.128. The fourth-order valence-corrected chi connectivity index (χ4v) is 1.58. The summed E-state index contributed by atoms with van der Waals surface area (Å²) in [5, 5.41) is 14.1. The number of hydrogen-bond acceptors (Lipinski definition) is 4. The Morgan fingerprint density at radius 2 is 2.39 bits per heavy atom. The van der Waals surface area contributed by atoms with Crippen LogP contribution in [0.3, 0.4) is 0 Å². The van der Waals surface area contributed by atoms with Gasteiger partial charge in [0.1, 0.15) is 5.75 Å². The van der Waals surface area contributed by atoms with E-state index in [-0.39, 0.29) is 31.1 Å². The second-order valence-electron chi connectivity index (χ2n) is 4.10. The molecule has 1 heterocycles. The molecule has 0 bridgehead atoms. The third-order valence-corrected chi connectivity index (χ3v) is 2.53. The van der Waals surface area contributed by atoms with E-state index in [9.17, 15) is 9.59 Å². The van der Waals surface area contributed by atoms with Crippen LogP contribution >= 0.6 is 0 Å². The van der Waals surface area contributed by atoms with Crippen LogP contribution in [-0.2, 0) is 4.79 Å². The summed E-state index contributed by atoms with van der Waals surface area (Å²) in [6.45, 7) is 1.55. The van der Waals surface area contributed by atoms with Crippen LogP contribution in [0.25, 0.3) is 0 Å². The van der Waals surface area contributed by atoms with Crippen LogP contribution in [0.15, 0.2) is 18.2 Å². The molecule has 0 saturated carbocycles. The number of anilines is 1. The molecule has 1 aromatic rings. The fraction of sp³-hybridized carbons (Fsp3) is 0.333. The van der Waals surface area contributed by atoms with E-state index in [0.29, 0.717) is 17.0 Å². The number of carbonyl (C=O) groups excluding carboxylic acids is 2. The van der Waals surface area contributed by atoms with Gasteiger partial charge in [-0.2, -0.15) is 0 Å². The first-order chi connectivity index (χ1) is 8.60. The molecule has 96 valence electrons. The topological polar surface area (TPSA) is 87.7 Å². The number of fused-ring (bicyclic) bond motifs is 1. The molecule has 0 unspecified atom stereocenters. The first-order valence-corrected chi connectivity index (χ1v) is 5.58. The van der Waals surface area contributed by atoms with E-state index >= 15 is 0 Å². The average molecular weight is 250 g/mol. The maximum absolute atomic E-state index is 11.8. The molecule has 0 aromatic heterocycles. The monoisotopic (exact) mass is 250 g/mol. The van der Waals surface area contributed by atoms with Gasteiger partial charge < -0.3 is 20.5 Å². The van der Waals surface area contributed by atoms with E-state index in [2.05, 4.69) is 10.6 Å². The summed E-state index contributed by atoms with van der Waals surface area (Å²) in [5.41, 5.74) is 0.885. The van der Waals surface area contributed by atoms with Gasteiger partial charge in [-0.1, -0.05) is 0 Å². The summed E-state index contributed by atoms with van der Waals surface area (Å²) in [4.78, 5) is 23.0. The van der Waals surface area contributed by atoms with Crippen LogP contribution in [0, 0.1) is 0 Å². The summed E-state index contributed by atoms with van der Waals surface area (Å²) < 4.78 is 5.19. The molecule has 1 atom stereocenters. The van der Waals surface area contributed by atoms with Crippen molar-refractivity contribution in [2.24, 2.45) is 0 Å². The molecule has 0 radical (unpaired) electrons. The van der Waals surface area contributed by atoms with Crippen molar-refractivity contribution in [2.45, 2.75) is 13.0 Å². The van der Waals surface area contributed by atoms with Crippen molar-refractivity contribution < 1.29 is 19.4 Å². The number of aliphatic hydroxyl groups is 1. The van der Waals surface area contributed by atoms with Crippen molar-refractivity contribution in [1.29, 1.82) is 0 Å². The van der Waals surface area contributed by atoms with Crippen LogP contribution in [0.4, 0.5) is 5.69 Å². The van der Waals surface area contributed by atoms with Gasteiger partial charge in [0.25, 0.3) is 11.8 Å². The van der Waals surface area contributed by atoms with Gasteiger partial charge >= 0.3 is 0 Å². The SMILES string of the molecule is C[C@H](CO)NC(=O)c1ccc2c(c1)NC(=O)CO2. The molecule has 0 spiro atoms. The lowest BCUT2D eigenvalue weighted by Crippen LogP contribution is -2.35. The van der Waals surface area contributed by atoms with Gasteiger partial charge in [0.2, 0.25) is 0 Å². The molecule has 2 rings (SSSR count). The van der Waals surface area contributed by atoms with Gasteiger partial charge in [-0.3, -0.25) is 9.59 Å². The maximum atomic E-state index is 11.8. The number of ether oxygens (including phenoxy) is 1. The Balaban J connectivity index is 2.17. The van der Waals surface area contributed by atoms with E-state index in [0.717, 1.165) is 0 Å². The number of hydrogen-bond donors (Lipinski definition) is 3. The number of carbonyl (C=O) groups is 2. The highest BCUT2D eigenvalue weighted by atomic mass is 16.5. The molecule has 6 nitrogen and oxygen atoms in total. The first-order valence-electron chi connectivity index (χ1n) is 5.58. The smallest absolute Gasteiger partial charge is 0.262 e. The molecule has 18 heavy (non-hydrogen) atoms. The largest absolute Gasteiger partial charge is 0.482 e. The van der Waals surface area contributed by atoms with Gasteiger partial charge in [-0.15, -0.1) is 0 Å². The Labute approximate surface area is 104 Å². The summed E-state index contributed by atoms with van der Waals surface area (Å²) in [6.07, 6.45) is 0.